The third kappa shape index (κ3) is 3.46. The molecule has 28 heavy (non-hydrogen) atoms. The van der Waals surface area contributed by atoms with E-state index in [4.69, 9.17) is 0 Å². The van der Waals surface area contributed by atoms with Crippen molar-refractivity contribution in [3.8, 4) is 0 Å². The molecule has 0 fully saturated rings. The Bertz CT molecular complexity index is 1170. The van der Waals surface area contributed by atoms with Crippen LogP contribution in [-0.4, -0.2) is 4.57 Å². The van der Waals surface area contributed by atoms with Gasteiger partial charge in [-0.25, -0.2) is 4.57 Å². The van der Waals surface area contributed by atoms with Crippen LogP contribution in [-0.2, 0) is 13.1 Å². The van der Waals surface area contributed by atoms with Crippen LogP contribution in [0.5, 0.6) is 0 Å². The maximum absolute atomic E-state index is 2.42. The van der Waals surface area contributed by atoms with Crippen molar-refractivity contribution in [1.82, 2.24) is 4.57 Å². The Balaban J connectivity index is 0.00000192. The molecule has 0 aliphatic rings. The maximum Gasteiger partial charge on any atom is 0.174 e. The van der Waals surface area contributed by atoms with Crippen molar-refractivity contribution in [2.45, 2.75) is 13.1 Å². The molecule has 5 rings (SSSR count). The van der Waals surface area contributed by atoms with E-state index in [1.54, 1.807) is 0 Å². The molecular formula is C25H21BrN2. The molecule has 0 spiro atoms. The average Bonchev–Trinajstić information content (AvgIpc) is 3.03. The van der Waals surface area contributed by atoms with E-state index in [1.165, 1.54) is 32.9 Å². The molecule has 0 atom stereocenters. The van der Waals surface area contributed by atoms with E-state index in [0.717, 1.165) is 13.1 Å². The second kappa shape index (κ2) is 7.99. The number of hydrogen-bond donors (Lipinski definition) is 0. The Morgan fingerprint density at radius 1 is 0.607 bits per heavy atom. The van der Waals surface area contributed by atoms with Gasteiger partial charge in [-0.15, -0.1) is 0 Å². The Morgan fingerprint density at radius 2 is 1.18 bits per heavy atom. The smallest absolute Gasteiger partial charge is 0.174 e. The van der Waals surface area contributed by atoms with Gasteiger partial charge in [-0.3, -0.25) is 0 Å². The lowest BCUT2D eigenvalue weighted by Crippen LogP contribution is -3.00. The fourth-order valence-corrected chi connectivity index (χ4v) is 3.92. The van der Waals surface area contributed by atoms with Crippen LogP contribution in [0.3, 0.4) is 0 Å². The zero-order chi connectivity index (χ0) is 18.1. The second-order valence-corrected chi connectivity index (χ2v) is 6.99. The largest absolute Gasteiger partial charge is 1.00 e. The lowest BCUT2D eigenvalue weighted by Gasteiger charge is -2.07. The first-order chi connectivity index (χ1) is 13.4. The molecule has 3 heteroatoms. The molecule has 0 saturated heterocycles. The highest BCUT2D eigenvalue weighted by atomic mass is 79.9. The highest BCUT2D eigenvalue weighted by molar-refractivity contribution is 6.08. The summed E-state index contributed by atoms with van der Waals surface area (Å²) in [4.78, 5) is 0. The number of benzene rings is 3. The van der Waals surface area contributed by atoms with Gasteiger partial charge in [0.2, 0.25) is 0 Å². The van der Waals surface area contributed by atoms with Gasteiger partial charge >= 0.3 is 0 Å². The SMILES string of the molecule is [Br-].c1ccc(C[n+]2cccc(Cn3c4ccccc4c4ccccc43)c2)cc1. The molecule has 5 aromatic rings. The lowest BCUT2D eigenvalue weighted by atomic mass is 10.2. The lowest BCUT2D eigenvalue weighted by molar-refractivity contribution is -0.688. The van der Waals surface area contributed by atoms with E-state index in [2.05, 4.69) is 113 Å². The molecular weight excluding hydrogens is 408 g/mol. The first-order valence-corrected chi connectivity index (χ1v) is 9.36. The van der Waals surface area contributed by atoms with E-state index in [1.807, 2.05) is 0 Å². The summed E-state index contributed by atoms with van der Waals surface area (Å²) < 4.78 is 4.69. The summed E-state index contributed by atoms with van der Waals surface area (Å²) in [5.74, 6) is 0. The van der Waals surface area contributed by atoms with Gasteiger partial charge in [-0.1, -0.05) is 66.7 Å². The summed E-state index contributed by atoms with van der Waals surface area (Å²) in [5.41, 5.74) is 5.20. The Morgan fingerprint density at radius 3 is 1.86 bits per heavy atom. The van der Waals surface area contributed by atoms with Crippen molar-refractivity contribution in [2.75, 3.05) is 0 Å². The third-order valence-corrected chi connectivity index (χ3v) is 5.15. The number of fused-ring (bicyclic) bond motifs is 3. The number of halogens is 1. The fourth-order valence-electron chi connectivity index (χ4n) is 3.92. The molecule has 2 aromatic heterocycles. The summed E-state index contributed by atoms with van der Waals surface area (Å²) in [7, 11) is 0. The van der Waals surface area contributed by atoms with Gasteiger partial charge in [0.25, 0.3) is 0 Å². The highest BCUT2D eigenvalue weighted by Gasteiger charge is 2.11. The highest BCUT2D eigenvalue weighted by Crippen LogP contribution is 2.29. The van der Waals surface area contributed by atoms with E-state index in [0.29, 0.717) is 0 Å². The molecule has 2 heterocycles. The van der Waals surface area contributed by atoms with Crippen LogP contribution in [0.25, 0.3) is 21.8 Å². The zero-order valence-electron chi connectivity index (χ0n) is 15.5. The van der Waals surface area contributed by atoms with Crippen molar-refractivity contribution in [2.24, 2.45) is 0 Å². The zero-order valence-corrected chi connectivity index (χ0v) is 17.1. The van der Waals surface area contributed by atoms with Gasteiger partial charge in [0.15, 0.2) is 18.9 Å². The number of hydrogen-bond acceptors (Lipinski definition) is 0. The second-order valence-electron chi connectivity index (χ2n) is 6.99. The van der Waals surface area contributed by atoms with Crippen molar-refractivity contribution < 1.29 is 21.5 Å². The summed E-state index contributed by atoms with van der Waals surface area (Å²) in [5, 5.41) is 2.64. The van der Waals surface area contributed by atoms with Crippen LogP contribution in [0, 0.1) is 0 Å². The molecule has 0 bridgehead atoms. The predicted octanol–water partition coefficient (Wildman–Crippen LogP) is 2.18. The fraction of sp³-hybridized carbons (Fsp3) is 0.0800. The predicted molar refractivity (Wildman–Crippen MR) is 111 cm³/mol. The van der Waals surface area contributed by atoms with Crippen molar-refractivity contribution in [3.63, 3.8) is 0 Å². The van der Waals surface area contributed by atoms with Crippen molar-refractivity contribution in [3.05, 3.63) is 115 Å². The molecule has 0 aliphatic carbocycles. The normalized spacial score (nSPS) is 10.9. The molecule has 0 saturated carbocycles. The van der Waals surface area contributed by atoms with Crippen LogP contribution in [0.4, 0.5) is 0 Å². The number of rotatable bonds is 4. The van der Waals surface area contributed by atoms with Crippen LogP contribution in [0.2, 0.25) is 0 Å². The van der Waals surface area contributed by atoms with Gasteiger partial charge in [-0.2, -0.15) is 0 Å². The Hall–Kier alpha value is -2.91. The van der Waals surface area contributed by atoms with Crippen molar-refractivity contribution >= 4 is 21.8 Å². The summed E-state index contributed by atoms with van der Waals surface area (Å²) in [6.45, 7) is 1.76. The Kier molecular flexibility index (Phi) is 5.27. The molecule has 0 unspecified atom stereocenters. The first kappa shape index (κ1) is 18.5. The number of aromatic nitrogens is 2. The summed E-state index contributed by atoms with van der Waals surface area (Å²) in [6, 6.07) is 32.3. The summed E-state index contributed by atoms with van der Waals surface area (Å²) in [6.07, 6.45) is 4.40. The molecule has 0 N–H and O–H groups in total. The monoisotopic (exact) mass is 428 g/mol. The average molecular weight is 429 g/mol. The van der Waals surface area contributed by atoms with E-state index in [9.17, 15) is 0 Å². The van der Waals surface area contributed by atoms with Gasteiger partial charge in [0, 0.05) is 39.0 Å². The minimum atomic E-state index is 0. The minimum Gasteiger partial charge on any atom is -1.00 e. The topological polar surface area (TPSA) is 8.81 Å². The number of para-hydroxylation sites is 2. The van der Waals surface area contributed by atoms with Crippen LogP contribution >= 0.6 is 0 Å². The van der Waals surface area contributed by atoms with Crippen molar-refractivity contribution in [1.29, 1.82) is 0 Å². The van der Waals surface area contributed by atoms with Crippen LogP contribution < -0.4 is 21.5 Å². The molecule has 138 valence electrons. The quantitative estimate of drug-likeness (QED) is 0.388. The number of nitrogens with zero attached hydrogens (tertiary/aromatic N) is 2. The Labute approximate surface area is 175 Å². The van der Waals surface area contributed by atoms with E-state index >= 15 is 0 Å². The van der Waals surface area contributed by atoms with Gasteiger partial charge in [0.1, 0.15) is 0 Å². The third-order valence-electron chi connectivity index (χ3n) is 5.15. The molecule has 2 nitrogen and oxygen atoms in total. The van der Waals surface area contributed by atoms with Gasteiger partial charge in [0.05, 0.1) is 6.54 Å². The first-order valence-electron chi connectivity index (χ1n) is 9.36. The van der Waals surface area contributed by atoms with Gasteiger partial charge < -0.3 is 21.5 Å². The van der Waals surface area contributed by atoms with Gasteiger partial charge in [-0.05, 0) is 18.2 Å². The van der Waals surface area contributed by atoms with E-state index < -0.39 is 0 Å². The molecule has 0 amide bonds. The molecule has 3 aromatic carbocycles. The molecule has 0 radical (unpaired) electrons. The maximum atomic E-state index is 2.42. The molecule has 0 aliphatic heterocycles. The summed E-state index contributed by atoms with van der Waals surface area (Å²) >= 11 is 0. The standard InChI is InChI=1S/C25H21N2.BrH/c1-2-9-20(10-3-1)17-26-16-8-11-21(18-26)19-27-24-14-6-4-12-22(24)23-13-5-7-15-25(23)27;/h1-16,18H,17,19H2;1H/q+1;/p-1. The number of pyridine rings is 1. The van der Waals surface area contributed by atoms with Crippen LogP contribution in [0.1, 0.15) is 11.1 Å². The van der Waals surface area contributed by atoms with E-state index in [-0.39, 0.29) is 17.0 Å². The van der Waals surface area contributed by atoms with Crippen LogP contribution in [0.15, 0.2) is 103 Å². The minimum absolute atomic E-state index is 0.